The van der Waals surface area contributed by atoms with Gasteiger partial charge in [-0.2, -0.15) is 13.2 Å². The highest BCUT2D eigenvalue weighted by molar-refractivity contribution is 6.31. The summed E-state index contributed by atoms with van der Waals surface area (Å²) >= 11 is 5.73. The van der Waals surface area contributed by atoms with Crippen LogP contribution < -0.4 is 15.4 Å². The van der Waals surface area contributed by atoms with Gasteiger partial charge < -0.3 is 15.4 Å². The standard InChI is InChI=1S/C16H14ClF3N4O3/c17-12-7-11(16(18,19)20)8-23-15(12)27-5-1-3-22-14(26)10-2-4-21-13(6-10)24-9-25/h2,4,6-9H,1,3,5H2,(H,22,26)(H,21,24,25). The average molecular weight is 403 g/mol. The number of nitrogens with one attached hydrogen (secondary N) is 2. The highest BCUT2D eigenvalue weighted by atomic mass is 35.5. The van der Waals surface area contributed by atoms with Crippen LogP contribution in [-0.4, -0.2) is 35.4 Å². The fourth-order valence-corrected chi connectivity index (χ4v) is 2.16. The number of amides is 2. The molecular weight excluding hydrogens is 389 g/mol. The highest BCUT2D eigenvalue weighted by Crippen LogP contribution is 2.33. The number of anilines is 1. The second-order valence-corrected chi connectivity index (χ2v) is 5.57. The maximum absolute atomic E-state index is 12.5. The molecule has 2 aromatic rings. The quantitative estimate of drug-likeness (QED) is 0.523. The zero-order valence-corrected chi connectivity index (χ0v) is 14.5. The van der Waals surface area contributed by atoms with Crippen molar-refractivity contribution in [1.82, 2.24) is 15.3 Å². The maximum Gasteiger partial charge on any atom is 0.417 e. The van der Waals surface area contributed by atoms with E-state index >= 15 is 0 Å². The Morgan fingerprint density at radius 1 is 1.30 bits per heavy atom. The molecule has 0 saturated carbocycles. The molecule has 0 atom stereocenters. The van der Waals surface area contributed by atoms with E-state index in [9.17, 15) is 22.8 Å². The van der Waals surface area contributed by atoms with Gasteiger partial charge in [-0.05, 0) is 24.6 Å². The molecular formula is C16H14ClF3N4O3. The van der Waals surface area contributed by atoms with Gasteiger partial charge in [0.25, 0.3) is 5.91 Å². The molecule has 0 aliphatic rings. The van der Waals surface area contributed by atoms with Crippen LogP contribution in [0.15, 0.2) is 30.6 Å². The van der Waals surface area contributed by atoms with Gasteiger partial charge in [0, 0.05) is 24.5 Å². The topological polar surface area (TPSA) is 93.2 Å². The summed E-state index contributed by atoms with van der Waals surface area (Å²) in [5.74, 6) is -0.254. The number of carbonyl (C=O) groups excluding carboxylic acids is 2. The number of hydrogen-bond acceptors (Lipinski definition) is 5. The Labute approximate surface area is 156 Å². The first kappa shape index (κ1) is 20.4. The highest BCUT2D eigenvalue weighted by Gasteiger charge is 2.31. The monoisotopic (exact) mass is 402 g/mol. The van der Waals surface area contributed by atoms with Crippen LogP contribution >= 0.6 is 11.6 Å². The Morgan fingerprint density at radius 2 is 2.07 bits per heavy atom. The molecule has 11 heteroatoms. The molecule has 2 aromatic heterocycles. The minimum absolute atomic E-state index is 0.0899. The molecule has 0 radical (unpaired) electrons. The number of hydrogen-bond donors (Lipinski definition) is 2. The maximum atomic E-state index is 12.5. The van der Waals surface area contributed by atoms with Crippen LogP contribution in [0.4, 0.5) is 19.0 Å². The van der Waals surface area contributed by atoms with E-state index in [1.165, 1.54) is 18.3 Å². The second-order valence-electron chi connectivity index (χ2n) is 5.16. The lowest BCUT2D eigenvalue weighted by Gasteiger charge is -2.10. The van der Waals surface area contributed by atoms with Crippen molar-refractivity contribution in [3.63, 3.8) is 0 Å². The van der Waals surface area contributed by atoms with Crippen LogP contribution in [-0.2, 0) is 11.0 Å². The second kappa shape index (κ2) is 9.17. The molecule has 0 saturated heterocycles. The predicted octanol–water partition coefficient (Wildman–Crippen LogP) is 2.92. The molecule has 7 nitrogen and oxygen atoms in total. The Bertz CT molecular complexity index is 818. The molecule has 0 bridgehead atoms. The fraction of sp³-hybridized carbons (Fsp3) is 0.250. The summed E-state index contributed by atoms with van der Waals surface area (Å²) in [7, 11) is 0. The Balaban J connectivity index is 1.78. The van der Waals surface area contributed by atoms with E-state index in [0.717, 1.165) is 6.07 Å². The molecule has 0 aliphatic heterocycles. The fourth-order valence-electron chi connectivity index (χ4n) is 1.94. The zero-order valence-electron chi connectivity index (χ0n) is 13.7. The van der Waals surface area contributed by atoms with Crippen molar-refractivity contribution < 1.29 is 27.5 Å². The summed E-state index contributed by atoms with van der Waals surface area (Å²) in [6, 6.07) is 3.62. The van der Waals surface area contributed by atoms with E-state index in [2.05, 4.69) is 20.6 Å². The first-order valence-corrected chi connectivity index (χ1v) is 7.99. The smallest absolute Gasteiger partial charge is 0.417 e. The number of halogens is 4. The third-order valence-electron chi connectivity index (χ3n) is 3.21. The van der Waals surface area contributed by atoms with Gasteiger partial charge in [0.15, 0.2) is 0 Å². The largest absolute Gasteiger partial charge is 0.477 e. The van der Waals surface area contributed by atoms with Crippen molar-refractivity contribution in [2.75, 3.05) is 18.5 Å². The molecule has 2 heterocycles. The van der Waals surface area contributed by atoms with E-state index in [1.807, 2.05) is 0 Å². The molecule has 144 valence electrons. The van der Waals surface area contributed by atoms with Crippen molar-refractivity contribution >= 4 is 29.7 Å². The summed E-state index contributed by atoms with van der Waals surface area (Å²) in [5, 5.41) is 4.72. The predicted molar refractivity (Wildman–Crippen MR) is 90.6 cm³/mol. The first-order valence-electron chi connectivity index (χ1n) is 7.61. The molecule has 0 spiro atoms. The van der Waals surface area contributed by atoms with Crippen LogP contribution in [0.5, 0.6) is 5.88 Å². The summed E-state index contributed by atoms with van der Waals surface area (Å²) in [4.78, 5) is 29.8. The van der Waals surface area contributed by atoms with Crippen molar-refractivity contribution in [1.29, 1.82) is 0 Å². The van der Waals surface area contributed by atoms with Crippen molar-refractivity contribution in [3.8, 4) is 5.88 Å². The summed E-state index contributed by atoms with van der Waals surface area (Å²) in [6.07, 6.45) is -1.70. The molecule has 27 heavy (non-hydrogen) atoms. The molecule has 0 unspecified atom stereocenters. The van der Waals surface area contributed by atoms with Crippen LogP contribution in [0.25, 0.3) is 0 Å². The first-order chi connectivity index (χ1) is 12.8. The Hall–Kier alpha value is -2.88. The number of pyridine rings is 2. The minimum Gasteiger partial charge on any atom is -0.477 e. The molecule has 0 aromatic carbocycles. The van der Waals surface area contributed by atoms with Crippen molar-refractivity contribution in [2.24, 2.45) is 0 Å². The number of ether oxygens (including phenoxy) is 1. The van der Waals surface area contributed by atoms with E-state index in [-0.39, 0.29) is 35.8 Å². The van der Waals surface area contributed by atoms with Crippen molar-refractivity contribution in [2.45, 2.75) is 12.6 Å². The number of alkyl halides is 3. The molecule has 0 aliphatic carbocycles. The van der Waals surface area contributed by atoms with E-state index in [0.29, 0.717) is 24.6 Å². The molecule has 2 rings (SSSR count). The lowest BCUT2D eigenvalue weighted by Crippen LogP contribution is -2.25. The lowest BCUT2D eigenvalue weighted by atomic mass is 10.2. The van der Waals surface area contributed by atoms with Gasteiger partial charge in [-0.1, -0.05) is 11.6 Å². The van der Waals surface area contributed by atoms with E-state index in [4.69, 9.17) is 16.3 Å². The number of rotatable bonds is 8. The van der Waals surface area contributed by atoms with Gasteiger partial charge in [-0.25, -0.2) is 9.97 Å². The minimum atomic E-state index is -4.53. The number of carbonyl (C=O) groups is 2. The van der Waals surface area contributed by atoms with Gasteiger partial charge in [-0.3, -0.25) is 9.59 Å². The van der Waals surface area contributed by atoms with Gasteiger partial charge >= 0.3 is 6.18 Å². The molecule has 2 N–H and O–H groups in total. The zero-order chi connectivity index (χ0) is 19.9. The van der Waals surface area contributed by atoms with Crippen molar-refractivity contribution in [3.05, 3.63) is 46.7 Å². The normalized spacial score (nSPS) is 11.0. The molecule has 2 amide bonds. The lowest BCUT2D eigenvalue weighted by molar-refractivity contribution is -0.137. The van der Waals surface area contributed by atoms with Crippen LogP contribution in [0.2, 0.25) is 5.02 Å². The van der Waals surface area contributed by atoms with E-state index in [1.54, 1.807) is 0 Å². The molecule has 0 fully saturated rings. The summed E-state index contributed by atoms with van der Waals surface area (Å²) in [5.41, 5.74) is -0.657. The van der Waals surface area contributed by atoms with E-state index < -0.39 is 11.7 Å². The van der Waals surface area contributed by atoms with Gasteiger partial charge in [0.05, 0.1) is 12.2 Å². The van der Waals surface area contributed by atoms with Gasteiger partial charge in [0.2, 0.25) is 12.3 Å². The van der Waals surface area contributed by atoms with Crippen LogP contribution in [0.3, 0.4) is 0 Å². The van der Waals surface area contributed by atoms with Crippen LogP contribution in [0, 0.1) is 0 Å². The third-order valence-corrected chi connectivity index (χ3v) is 3.48. The number of nitrogens with zero attached hydrogens (tertiary/aromatic N) is 2. The SMILES string of the molecule is O=CNc1cc(C(=O)NCCCOc2ncc(C(F)(F)F)cc2Cl)ccn1. The average Bonchev–Trinajstić information content (AvgIpc) is 2.62. The summed E-state index contributed by atoms with van der Waals surface area (Å²) < 4.78 is 42.8. The Kier molecular flexibility index (Phi) is 6.94. The van der Waals surface area contributed by atoms with Gasteiger partial charge in [0.1, 0.15) is 10.8 Å². The van der Waals surface area contributed by atoms with Gasteiger partial charge in [-0.15, -0.1) is 0 Å². The third kappa shape index (κ3) is 6.10. The number of aromatic nitrogens is 2. The Morgan fingerprint density at radius 3 is 2.74 bits per heavy atom. The van der Waals surface area contributed by atoms with Crippen LogP contribution in [0.1, 0.15) is 22.3 Å². The summed E-state index contributed by atoms with van der Waals surface area (Å²) in [6.45, 7) is 0.336.